The van der Waals surface area contributed by atoms with Gasteiger partial charge in [0.1, 0.15) is 29.9 Å². The standard InChI is InChI=1S/C40H56N8O9/c1-4-24(3)35-39(56)46-31(22-49)40(57)48-21-23(2)16-32(48)38(55)44-27(17-25-8-6-5-7-9-25)19-42-30(18-26-10-12-28(50)13-11-26)36(53)43-20-34(52)45-29(37(54)47-35)14-15-33(41)51/h5-13,23-24,27,29-32,35,42,49-50H,4,14-22H2,1-3H3,(H2,41,51)(H,43,53)(H,44,55)(H,45,52)(H,46,56)(H,47,54)/t23-,24-,27-,29+,30-,31-,32-,35-/m0/s1. The van der Waals surface area contributed by atoms with Crippen LogP contribution in [0.15, 0.2) is 54.6 Å². The lowest BCUT2D eigenvalue weighted by atomic mass is 9.97. The maximum atomic E-state index is 14.1. The first kappa shape index (κ1) is 44.2. The number of aliphatic hydroxyl groups excluding tert-OH is 1. The molecule has 0 aromatic heterocycles. The molecule has 0 spiro atoms. The average molecular weight is 793 g/mol. The summed E-state index contributed by atoms with van der Waals surface area (Å²) in [5, 5.41) is 36.9. The van der Waals surface area contributed by atoms with Crippen LogP contribution < -0.4 is 37.6 Å². The number of hydrogen-bond donors (Lipinski definition) is 9. The van der Waals surface area contributed by atoms with Crippen molar-refractivity contribution in [1.29, 1.82) is 0 Å². The van der Waals surface area contributed by atoms with Crippen LogP contribution in [-0.4, -0.2) is 119 Å². The number of phenolic OH excluding ortho intramolecular Hbond substituents is 1. The lowest BCUT2D eigenvalue weighted by molar-refractivity contribution is -0.143. The number of primary amides is 1. The molecule has 10 N–H and O–H groups in total. The van der Waals surface area contributed by atoms with Gasteiger partial charge in [-0.3, -0.25) is 33.6 Å². The van der Waals surface area contributed by atoms with Gasteiger partial charge in [0.2, 0.25) is 41.4 Å². The van der Waals surface area contributed by atoms with Crippen molar-refractivity contribution in [2.75, 3.05) is 26.2 Å². The van der Waals surface area contributed by atoms with Crippen LogP contribution in [0.2, 0.25) is 0 Å². The molecule has 4 rings (SSSR count). The number of fused-ring (bicyclic) bond motifs is 1. The van der Waals surface area contributed by atoms with Crippen LogP contribution in [0.3, 0.4) is 0 Å². The SMILES string of the molecule is CC[C@H](C)[C@@H]1NC(=O)[C@@H](CCC(N)=O)NC(=O)CNC(=O)[C@H](Cc2ccc(O)cc2)NC[C@H](Cc2ccccc2)NC(=O)[C@@H]2C[C@H](C)CN2C(=O)[C@H](CO)NC1=O. The molecule has 310 valence electrons. The van der Waals surface area contributed by atoms with Crippen LogP contribution in [0, 0.1) is 11.8 Å². The summed E-state index contributed by atoms with van der Waals surface area (Å²) in [6.07, 6.45) is 0.724. The molecule has 7 amide bonds. The Labute approximate surface area is 332 Å². The number of aromatic hydroxyl groups is 1. The summed E-state index contributed by atoms with van der Waals surface area (Å²) in [4.78, 5) is 95.6. The van der Waals surface area contributed by atoms with Crippen molar-refractivity contribution < 1.29 is 43.8 Å². The molecule has 8 atom stereocenters. The number of nitrogens with zero attached hydrogens (tertiary/aromatic N) is 1. The van der Waals surface area contributed by atoms with Crippen LogP contribution >= 0.6 is 0 Å². The topological polar surface area (TPSA) is 261 Å². The number of carbonyl (C=O) groups excluding carboxylic acids is 7. The third-order valence-corrected chi connectivity index (χ3v) is 10.4. The average Bonchev–Trinajstić information content (AvgIpc) is 3.59. The first-order chi connectivity index (χ1) is 27.2. The van der Waals surface area contributed by atoms with E-state index in [1.54, 1.807) is 26.0 Å². The summed E-state index contributed by atoms with van der Waals surface area (Å²) < 4.78 is 0. The minimum Gasteiger partial charge on any atom is -0.508 e. The second kappa shape index (κ2) is 21.1. The Balaban J connectivity index is 1.72. The van der Waals surface area contributed by atoms with E-state index < -0.39 is 96.7 Å². The lowest BCUT2D eigenvalue weighted by Gasteiger charge is -2.31. The van der Waals surface area contributed by atoms with Crippen LogP contribution in [-0.2, 0) is 46.4 Å². The Bertz CT molecular complexity index is 1730. The van der Waals surface area contributed by atoms with E-state index in [0.29, 0.717) is 24.8 Å². The highest BCUT2D eigenvalue weighted by molar-refractivity contribution is 5.96. The molecule has 0 aliphatic carbocycles. The normalized spacial score (nSPS) is 26.5. The third-order valence-electron chi connectivity index (χ3n) is 10.4. The minimum absolute atomic E-state index is 0.0370. The summed E-state index contributed by atoms with van der Waals surface area (Å²) >= 11 is 0. The van der Waals surface area contributed by atoms with Gasteiger partial charge in [-0.2, -0.15) is 0 Å². The molecule has 0 saturated carbocycles. The van der Waals surface area contributed by atoms with Crippen molar-refractivity contribution in [2.24, 2.45) is 17.6 Å². The number of hydrogen-bond acceptors (Lipinski definition) is 10. The van der Waals surface area contributed by atoms with Crippen molar-refractivity contribution in [3.63, 3.8) is 0 Å². The largest absolute Gasteiger partial charge is 0.508 e. The summed E-state index contributed by atoms with van der Waals surface area (Å²) in [7, 11) is 0. The highest BCUT2D eigenvalue weighted by Gasteiger charge is 2.42. The molecule has 17 nitrogen and oxygen atoms in total. The van der Waals surface area contributed by atoms with Crippen molar-refractivity contribution in [3.05, 3.63) is 65.7 Å². The maximum Gasteiger partial charge on any atom is 0.248 e. The zero-order valence-corrected chi connectivity index (χ0v) is 32.7. The highest BCUT2D eigenvalue weighted by atomic mass is 16.3. The number of nitrogens with one attached hydrogen (secondary N) is 6. The molecule has 0 bridgehead atoms. The van der Waals surface area contributed by atoms with Crippen molar-refractivity contribution >= 4 is 41.4 Å². The van der Waals surface area contributed by atoms with Gasteiger partial charge in [0.05, 0.1) is 19.2 Å². The summed E-state index contributed by atoms with van der Waals surface area (Å²) in [5.41, 5.74) is 6.94. The van der Waals surface area contributed by atoms with Crippen LogP contribution in [0.4, 0.5) is 0 Å². The highest BCUT2D eigenvalue weighted by Crippen LogP contribution is 2.24. The molecule has 2 fully saturated rings. The fourth-order valence-corrected chi connectivity index (χ4v) is 7.01. The smallest absolute Gasteiger partial charge is 0.248 e. The monoisotopic (exact) mass is 792 g/mol. The number of nitrogens with two attached hydrogens (primary N) is 1. The van der Waals surface area contributed by atoms with Crippen LogP contribution in [0.1, 0.15) is 57.6 Å². The van der Waals surface area contributed by atoms with Crippen molar-refractivity contribution in [3.8, 4) is 5.75 Å². The third kappa shape index (κ3) is 13.0. The van der Waals surface area contributed by atoms with E-state index >= 15 is 0 Å². The zero-order chi connectivity index (χ0) is 41.6. The van der Waals surface area contributed by atoms with Crippen molar-refractivity contribution in [2.45, 2.75) is 95.5 Å². The fraction of sp³-hybridized carbons (Fsp3) is 0.525. The molecule has 2 aromatic carbocycles. The second-order valence-corrected chi connectivity index (χ2v) is 15.0. The van der Waals surface area contributed by atoms with E-state index in [2.05, 4.69) is 31.9 Å². The molecular weight excluding hydrogens is 736 g/mol. The Kier molecular flexibility index (Phi) is 16.4. The number of phenols is 1. The van der Waals surface area contributed by atoms with Crippen LogP contribution in [0.25, 0.3) is 0 Å². The van der Waals surface area contributed by atoms with Gasteiger partial charge >= 0.3 is 0 Å². The van der Waals surface area contributed by atoms with Crippen LogP contribution in [0.5, 0.6) is 5.75 Å². The van der Waals surface area contributed by atoms with Gasteiger partial charge in [-0.15, -0.1) is 0 Å². The Morgan fingerprint density at radius 1 is 0.842 bits per heavy atom. The molecule has 2 aliphatic rings. The van der Waals surface area contributed by atoms with E-state index in [1.165, 1.54) is 17.0 Å². The van der Waals surface area contributed by atoms with Gasteiger partial charge in [-0.05, 0) is 60.8 Å². The van der Waals surface area contributed by atoms with E-state index in [0.717, 1.165) is 5.56 Å². The first-order valence-corrected chi connectivity index (χ1v) is 19.4. The number of amides is 7. The number of rotatable bonds is 10. The predicted octanol–water partition coefficient (Wildman–Crippen LogP) is -1.25. The van der Waals surface area contributed by atoms with Gasteiger partial charge in [-0.1, -0.05) is 69.7 Å². The molecule has 2 heterocycles. The molecule has 57 heavy (non-hydrogen) atoms. The van der Waals surface area contributed by atoms with Crippen molar-refractivity contribution in [1.82, 2.24) is 36.8 Å². The minimum atomic E-state index is -1.44. The van der Waals surface area contributed by atoms with Gasteiger partial charge in [-0.25, -0.2) is 0 Å². The molecule has 2 aromatic rings. The van der Waals surface area contributed by atoms with Gasteiger partial charge < -0.3 is 52.7 Å². The van der Waals surface area contributed by atoms with E-state index in [1.807, 2.05) is 37.3 Å². The Morgan fingerprint density at radius 2 is 1.53 bits per heavy atom. The number of carbonyl (C=O) groups is 7. The Morgan fingerprint density at radius 3 is 2.18 bits per heavy atom. The molecule has 17 heteroatoms. The molecular formula is C40H56N8O9. The van der Waals surface area contributed by atoms with Gasteiger partial charge in [0.25, 0.3) is 0 Å². The first-order valence-electron chi connectivity index (χ1n) is 19.4. The maximum absolute atomic E-state index is 14.1. The molecule has 0 radical (unpaired) electrons. The molecule has 0 unspecified atom stereocenters. The van der Waals surface area contributed by atoms with E-state index in [9.17, 15) is 43.8 Å². The summed E-state index contributed by atoms with van der Waals surface area (Å²) in [6, 6.07) is 9.18. The number of benzene rings is 2. The Hall–Kier alpha value is -5.55. The predicted molar refractivity (Wildman–Crippen MR) is 209 cm³/mol. The lowest BCUT2D eigenvalue weighted by Crippen LogP contribution is -2.60. The second-order valence-electron chi connectivity index (χ2n) is 15.0. The zero-order valence-electron chi connectivity index (χ0n) is 32.7. The summed E-state index contributed by atoms with van der Waals surface area (Å²) in [5.74, 6) is -5.31. The summed E-state index contributed by atoms with van der Waals surface area (Å²) in [6.45, 7) is 4.31. The van der Waals surface area contributed by atoms with E-state index in [4.69, 9.17) is 5.73 Å². The van der Waals surface area contributed by atoms with Gasteiger partial charge in [0, 0.05) is 25.6 Å². The molecule has 2 saturated heterocycles. The fourth-order valence-electron chi connectivity index (χ4n) is 7.01. The number of aliphatic hydroxyl groups is 1. The van der Waals surface area contributed by atoms with E-state index in [-0.39, 0.29) is 44.0 Å². The molecule has 2 aliphatic heterocycles. The van der Waals surface area contributed by atoms with Gasteiger partial charge in [0.15, 0.2) is 0 Å². The quantitative estimate of drug-likeness (QED) is 0.138.